The van der Waals surface area contributed by atoms with E-state index < -0.39 is 0 Å². The number of nitrogens with zero attached hydrogens (tertiary/aromatic N) is 1. The number of amides is 1. The molecule has 1 amide bonds. The minimum atomic E-state index is -0.317. The molecule has 0 aromatic heterocycles. The molecule has 1 aliphatic carbocycles. The predicted molar refractivity (Wildman–Crippen MR) is 118 cm³/mol. The molecule has 2 atom stereocenters. The van der Waals surface area contributed by atoms with Gasteiger partial charge in [0.2, 0.25) is 0 Å². The summed E-state index contributed by atoms with van der Waals surface area (Å²) in [7, 11) is 1.39. The first-order chi connectivity index (χ1) is 15.2. The van der Waals surface area contributed by atoms with Gasteiger partial charge in [-0.1, -0.05) is 54.1 Å². The Morgan fingerprint density at radius 2 is 1.55 bits per heavy atom. The molecule has 2 aromatic rings. The summed E-state index contributed by atoms with van der Waals surface area (Å²) in [5, 5.41) is 0. The SMILES string of the molecule is COC(=O)C=C1CC2CCCC(C1)N2C(=O)OCC1c2ccccc2-c2ccccc21. The Bertz CT molecular complexity index is 982. The lowest BCUT2D eigenvalue weighted by Gasteiger charge is -2.46. The molecule has 0 spiro atoms. The van der Waals surface area contributed by atoms with E-state index in [4.69, 9.17) is 9.47 Å². The van der Waals surface area contributed by atoms with E-state index in [1.165, 1.54) is 29.4 Å². The normalized spacial score (nSPS) is 21.8. The number of methoxy groups -OCH3 is 1. The Morgan fingerprint density at radius 1 is 0.968 bits per heavy atom. The van der Waals surface area contributed by atoms with Gasteiger partial charge in [0, 0.05) is 24.1 Å². The van der Waals surface area contributed by atoms with Crippen LogP contribution in [0.15, 0.2) is 60.2 Å². The van der Waals surface area contributed by atoms with Crippen LogP contribution in [0.4, 0.5) is 4.79 Å². The fourth-order valence-corrected chi connectivity index (χ4v) is 5.57. The molecule has 2 heterocycles. The lowest BCUT2D eigenvalue weighted by atomic mass is 9.82. The number of esters is 1. The number of carbonyl (C=O) groups is 2. The van der Waals surface area contributed by atoms with Crippen molar-refractivity contribution in [3.05, 3.63) is 71.3 Å². The second kappa shape index (κ2) is 8.22. The van der Waals surface area contributed by atoms with Gasteiger partial charge >= 0.3 is 12.1 Å². The van der Waals surface area contributed by atoms with E-state index in [-0.39, 0.29) is 30.1 Å². The Balaban J connectivity index is 1.31. The zero-order valence-electron chi connectivity index (χ0n) is 17.8. The van der Waals surface area contributed by atoms with Crippen molar-refractivity contribution in [1.29, 1.82) is 0 Å². The van der Waals surface area contributed by atoms with E-state index >= 15 is 0 Å². The zero-order valence-corrected chi connectivity index (χ0v) is 17.8. The van der Waals surface area contributed by atoms with Crippen molar-refractivity contribution in [1.82, 2.24) is 4.90 Å². The van der Waals surface area contributed by atoms with E-state index in [2.05, 4.69) is 36.4 Å². The highest BCUT2D eigenvalue weighted by molar-refractivity contribution is 5.83. The molecule has 0 radical (unpaired) electrons. The van der Waals surface area contributed by atoms with Gasteiger partial charge in [0.1, 0.15) is 6.61 Å². The molecule has 2 fully saturated rings. The Hall–Kier alpha value is -3.08. The van der Waals surface area contributed by atoms with Crippen LogP contribution in [0.3, 0.4) is 0 Å². The van der Waals surface area contributed by atoms with Crippen LogP contribution in [0, 0.1) is 0 Å². The van der Waals surface area contributed by atoms with Crippen LogP contribution < -0.4 is 0 Å². The van der Waals surface area contributed by atoms with Crippen LogP contribution in [0.2, 0.25) is 0 Å². The molecule has 5 heteroatoms. The third-order valence-corrected chi connectivity index (χ3v) is 6.93. The third kappa shape index (κ3) is 3.62. The Kier molecular flexibility index (Phi) is 5.26. The number of hydrogen-bond acceptors (Lipinski definition) is 4. The van der Waals surface area contributed by atoms with Crippen molar-refractivity contribution < 1.29 is 19.1 Å². The minimum Gasteiger partial charge on any atom is -0.466 e. The van der Waals surface area contributed by atoms with Crippen LogP contribution in [0.5, 0.6) is 0 Å². The van der Waals surface area contributed by atoms with E-state index in [9.17, 15) is 9.59 Å². The summed E-state index contributed by atoms with van der Waals surface area (Å²) in [4.78, 5) is 26.8. The number of carbonyl (C=O) groups excluding carboxylic acids is 2. The average Bonchev–Trinajstić information content (AvgIpc) is 3.10. The highest BCUT2D eigenvalue weighted by Gasteiger charge is 2.40. The van der Waals surface area contributed by atoms with Crippen LogP contribution in [-0.4, -0.2) is 42.8 Å². The molecule has 2 aromatic carbocycles. The quantitative estimate of drug-likeness (QED) is 0.518. The molecule has 2 bridgehead atoms. The monoisotopic (exact) mass is 417 g/mol. The molecular weight excluding hydrogens is 390 g/mol. The topological polar surface area (TPSA) is 55.8 Å². The van der Waals surface area contributed by atoms with Crippen LogP contribution in [0.25, 0.3) is 11.1 Å². The molecule has 2 saturated heterocycles. The standard InChI is InChI=1S/C26H27NO4/c1-30-25(28)15-17-13-18-7-6-8-19(14-17)27(18)26(29)31-16-24-22-11-4-2-9-20(22)21-10-3-5-12-23(21)24/h2-5,9-12,15,18-19,24H,6-8,13-14,16H2,1H3. The average molecular weight is 418 g/mol. The number of ether oxygens (including phenoxy) is 2. The van der Waals surface area contributed by atoms with E-state index in [0.717, 1.165) is 37.7 Å². The Labute approximate surface area is 182 Å². The van der Waals surface area contributed by atoms with Crippen molar-refractivity contribution in [2.24, 2.45) is 0 Å². The van der Waals surface area contributed by atoms with Gasteiger partial charge in [-0.3, -0.25) is 0 Å². The van der Waals surface area contributed by atoms with E-state index in [0.29, 0.717) is 6.61 Å². The fraction of sp³-hybridized carbons (Fsp3) is 0.385. The van der Waals surface area contributed by atoms with E-state index in [1.807, 2.05) is 17.0 Å². The number of benzene rings is 2. The minimum absolute atomic E-state index is 0.0655. The molecule has 0 saturated carbocycles. The van der Waals surface area contributed by atoms with Crippen molar-refractivity contribution in [3.8, 4) is 11.1 Å². The van der Waals surface area contributed by atoms with Gasteiger partial charge in [-0.05, 0) is 54.4 Å². The van der Waals surface area contributed by atoms with Gasteiger partial charge in [0.25, 0.3) is 0 Å². The summed E-state index contributed by atoms with van der Waals surface area (Å²) in [5.74, 6) is -0.251. The summed E-state index contributed by atoms with van der Waals surface area (Å²) in [5.41, 5.74) is 5.97. The number of hydrogen-bond donors (Lipinski definition) is 0. The van der Waals surface area contributed by atoms with Gasteiger partial charge in [-0.2, -0.15) is 0 Å². The second-order valence-corrected chi connectivity index (χ2v) is 8.68. The first-order valence-electron chi connectivity index (χ1n) is 11.1. The molecule has 0 N–H and O–H groups in total. The van der Waals surface area contributed by atoms with Crippen molar-refractivity contribution in [2.45, 2.75) is 50.1 Å². The predicted octanol–water partition coefficient (Wildman–Crippen LogP) is 5.05. The number of fused-ring (bicyclic) bond motifs is 5. The molecule has 5 rings (SSSR count). The van der Waals surface area contributed by atoms with Crippen LogP contribution in [0.1, 0.15) is 49.1 Å². The third-order valence-electron chi connectivity index (χ3n) is 6.93. The summed E-state index contributed by atoms with van der Waals surface area (Å²) in [6.07, 6.45) is 5.80. The van der Waals surface area contributed by atoms with Crippen molar-refractivity contribution in [3.63, 3.8) is 0 Å². The lowest BCUT2D eigenvalue weighted by Crippen LogP contribution is -2.53. The molecule has 2 unspecified atom stereocenters. The maximum atomic E-state index is 13.2. The maximum absolute atomic E-state index is 13.2. The van der Waals surface area contributed by atoms with Crippen molar-refractivity contribution in [2.75, 3.05) is 13.7 Å². The van der Waals surface area contributed by atoms with Crippen LogP contribution in [-0.2, 0) is 14.3 Å². The molecule has 5 nitrogen and oxygen atoms in total. The van der Waals surface area contributed by atoms with Gasteiger partial charge in [0.15, 0.2) is 0 Å². The van der Waals surface area contributed by atoms with Crippen LogP contribution >= 0.6 is 0 Å². The maximum Gasteiger partial charge on any atom is 0.410 e. The van der Waals surface area contributed by atoms with E-state index in [1.54, 1.807) is 6.08 Å². The van der Waals surface area contributed by atoms with Gasteiger partial charge in [-0.15, -0.1) is 0 Å². The fourth-order valence-electron chi connectivity index (χ4n) is 5.57. The first kappa shape index (κ1) is 19.9. The largest absolute Gasteiger partial charge is 0.466 e. The molecule has 2 aliphatic heterocycles. The van der Waals surface area contributed by atoms with Gasteiger partial charge in [0.05, 0.1) is 7.11 Å². The highest BCUT2D eigenvalue weighted by Crippen LogP contribution is 2.45. The Morgan fingerprint density at radius 3 is 2.13 bits per heavy atom. The van der Waals surface area contributed by atoms with Gasteiger partial charge in [-0.25, -0.2) is 9.59 Å². The molecule has 31 heavy (non-hydrogen) atoms. The molecular formula is C26H27NO4. The summed E-state index contributed by atoms with van der Waals surface area (Å²) >= 11 is 0. The van der Waals surface area contributed by atoms with Crippen molar-refractivity contribution >= 4 is 12.1 Å². The van der Waals surface area contributed by atoms with Gasteiger partial charge < -0.3 is 14.4 Å². The summed E-state index contributed by atoms with van der Waals surface area (Å²) in [6.45, 7) is 0.341. The summed E-state index contributed by atoms with van der Waals surface area (Å²) in [6, 6.07) is 16.9. The smallest absolute Gasteiger partial charge is 0.410 e. The number of piperidine rings is 2. The summed E-state index contributed by atoms with van der Waals surface area (Å²) < 4.78 is 10.7. The zero-order chi connectivity index (χ0) is 21.4. The lowest BCUT2D eigenvalue weighted by molar-refractivity contribution is -0.134. The number of rotatable bonds is 3. The highest BCUT2D eigenvalue weighted by atomic mass is 16.6. The first-order valence-corrected chi connectivity index (χ1v) is 11.1. The second-order valence-electron chi connectivity index (χ2n) is 8.68. The molecule has 160 valence electrons. The molecule has 3 aliphatic rings.